The number of carboxylic acids is 1. The number of ether oxygens (including phenoxy) is 2. The minimum Gasteiger partial charge on any atom is -0.481 e. The Hall–Kier alpha value is -8.94. The fourth-order valence-corrected chi connectivity index (χ4v) is 15.3. The summed E-state index contributed by atoms with van der Waals surface area (Å²) in [4.78, 5) is 106. The molecule has 103 heavy (non-hydrogen) atoms. The Balaban J connectivity index is 0.000000141. The number of carboxylic acid groups (broad SMARTS) is 1. The molecule has 3 saturated carbocycles. The van der Waals surface area contributed by atoms with Gasteiger partial charge in [0.1, 0.15) is 33.6 Å². The van der Waals surface area contributed by atoms with Crippen molar-refractivity contribution in [1.29, 1.82) is 0 Å². The van der Waals surface area contributed by atoms with Gasteiger partial charge >= 0.3 is 0 Å². The number of fused-ring (bicyclic) bond motifs is 9. The zero-order valence-corrected chi connectivity index (χ0v) is 60.3. The SMILES string of the molecule is CC(=O)O.CCOC(OCC)c1cc2cnc(Cl)nc2n1C1(C(N)=O)CCCCC1.CN1CCN(C(=O)c2ccc(N)cc2)CC1.CN1CCN(C(=O)c2ccc(Nc3ncc4cc5n(c4n3)C3(CCCCC3)C(=O)NC5O)cc2)CC1.O=C1NC(O)c2cc3cnc(Cl)nc3n2C12CCCCC2. The summed E-state index contributed by atoms with van der Waals surface area (Å²) in [6, 6.07) is 20.0. The molecule has 10 N–H and O–H groups in total. The molecule has 3 aliphatic carbocycles. The number of primary amides is 1. The molecule has 7 aliphatic rings. The molecule has 2 saturated heterocycles. The van der Waals surface area contributed by atoms with E-state index in [1.165, 1.54) is 0 Å². The molecule has 15 rings (SSSR count). The Kier molecular flexibility index (Phi) is 24.0. The number of aliphatic carboxylic acids is 1. The monoisotopic (exact) mass is 1450 g/mol. The number of anilines is 3. The molecule has 2 aromatic carbocycles. The number of carbonyl (C=O) groups excluding carboxylic acids is 5. The molecule has 0 radical (unpaired) electrons. The van der Waals surface area contributed by atoms with E-state index in [2.05, 4.69) is 64.8 Å². The molecule has 8 aromatic rings. The van der Waals surface area contributed by atoms with Crippen LogP contribution in [0, 0.1) is 0 Å². The molecule has 550 valence electrons. The smallest absolute Gasteiger partial charge is 0.300 e. The Morgan fingerprint density at radius 3 is 1.40 bits per heavy atom. The Morgan fingerprint density at radius 2 is 0.971 bits per heavy atom. The van der Waals surface area contributed by atoms with Crippen molar-refractivity contribution in [1.82, 2.24) is 73.8 Å². The summed E-state index contributed by atoms with van der Waals surface area (Å²) in [5.41, 5.74) is 16.0. The predicted octanol–water partition coefficient (Wildman–Crippen LogP) is 8.26. The van der Waals surface area contributed by atoms with Gasteiger partial charge in [0.15, 0.2) is 18.7 Å². The van der Waals surface area contributed by atoms with Crippen molar-refractivity contribution in [2.24, 2.45) is 5.73 Å². The maximum absolute atomic E-state index is 13.1. The van der Waals surface area contributed by atoms with Crippen LogP contribution < -0.4 is 27.4 Å². The quantitative estimate of drug-likeness (QED) is 0.0343. The lowest BCUT2D eigenvalue weighted by Crippen LogP contribution is -2.55. The third-order valence-electron chi connectivity index (χ3n) is 20.4. The first-order chi connectivity index (χ1) is 49.5. The summed E-state index contributed by atoms with van der Waals surface area (Å²) in [5, 5.41) is 39.5. The van der Waals surface area contributed by atoms with Crippen LogP contribution in [0.3, 0.4) is 0 Å². The molecule has 2 spiro atoms. The number of hydrogen-bond donors (Lipinski definition) is 8. The van der Waals surface area contributed by atoms with Gasteiger partial charge in [0, 0.05) is 130 Å². The van der Waals surface area contributed by atoms with Crippen LogP contribution in [-0.2, 0) is 45.3 Å². The predicted molar refractivity (Wildman–Crippen MR) is 388 cm³/mol. The number of piperazine rings is 2. The van der Waals surface area contributed by atoms with Gasteiger partial charge in [-0.1, -0.05) is 57.8 Å². The number of aromatic nitrogens is 9. The summed E-state index contributed by atoms with van der Waals surface area (Å²) in [6.07, 6.45) is 15.6. The summed E-state index contributed by atoms with van der Waals surface area (Å²) in [5.74, 6) is -0.928. The molecular formula is C72H92Cl2N18O11. The van der Waals surface area contributed by atoms with Gasteiger partial charge in [-0.3, -0.25) is 28.8 Å². The molecule has 10 heterocycles. The number of benzene rings is 2. The molecule has 5 amide bonds. The van der Waals surface area contributed by atoms with E-state index in [1.807, 2.05) is 79.8 Å². The van der Waals surface area contributed by atoms with E-state index >= 15 is 0 Å². The average Bonchev–Trinajstić information content (AvgIpc) is 1.53. The highest BCUT2D eigenvalue weighted by molar-refractivity contribution is 6.28. The average molecular weight is 1460 g/mol. The Morgan fingerprint density at radius 1 is 0.583 bits per heavy atom. The van der Waals surface area contributed by atoms with Gasteiger partial charge in [-0.2, -0.15) is 15.0 Å². The minimum absolute atomic E-state index is 0.0433. The van der Waals surface area contributed by atoms with Crippen molar-refractivity contribution >= 4 is 109 Å². The fraction of sp³-hybridized carbons (Fsp3) is 0.500. The van der Waals surface area contributed by atoms with Crippen LogP contribution in [-0.4, -0.2) is 194 Å². The number of halogens is 2. The number of nitrogens with one attached hydrogen (secondary N) is 3. The maximum Gasteiger partial charge on any atom is 0.300 e. The third-order valence-corrected chi connectivity index (χ3v) is 20.7. The van der Waals surface area contributed by atoms with Crippen LogP contribution in [0.25, 0.3) is 33.1 Å². The number of aliphatic hydroxyl groups is 2. The number of aliphatic hydroxyl groups excluding tert-OH is 2. The molecule has 29 nitrogen and oxygen atoms in total. The Bertz CT molecular complexity index is 4330. The van der Waals surface area contributed by atoms with Gasteiger partial charge < -0.3 is 85.5 Å². The summed E-state index contributed by atoms with van der Waals surface area (Å²) in [7, 11) is 4.14. The van der Waals surface area contributed by atoms with Crippen molar-refractivity contribution < 1.29 is 53.6 Å². The number of nitrogens with zero attached hydrogens (tertiary/aromatic N) is 13. The fourth-order valence-electron chi connectivity index (χ4n) is 15.1. The number of carbonyl (C=O) groups is 6. The molecule has 4 aliphatic heterocycles. The van der Waals surface area contributed by atoms with Gasteiger partial charge in [-0.15, -0.1) is 0 Å². The van der Waals surface area contributed by atoms with E-state index in [4.69, 9.17) is 59.0 Å². The minimum atomic E-state index is -1.07. The van der Waals surface area contributed by atoms with Crippen LogP contribution in [0.1, 0.15) is 174 Å². The number of rotatable bonds is 11. The van der Waals surface area contributed by atoms with Crippen molar-refractivity contribution in [2.45, 2.75) is 152 Å². The normalized spacial score (nSPS) is 19.8. The summed E-state index contributed by atoms with van der Waals surface area (Å²) < 4.78 is 17.3. The molecule has 2 atom stereocenters. The van der Waals surface area contributed by atoms with E-state index in [9.17, 15) is 34.2 Å². The first kappa shape index (κ1) is 75.2. The lowest BCUT2D eigenvalue weighted by molar-refractivity contribution is -0.147. The van der Waals surface area contributed by atoms with Gasteiger partial charge in [-0.25, -0.2) is 15.0 Å². The van der Waals surface area contributed by atoms with E-state index in [1.54, 1.807) is 42.9 Å². The first-order valence-electron chi connectivity index (χ1n) is 35.4. The van der Waals surface area contributed by atoms with Crippen LogP contribution in [0.5, 0.6) is 0 Å². The molecule has 31 heteroatoms. The maximum atomic E-state index is 13.1. The Labute approximate surface area is 606 Å². The van der Waals surface area contributed by atoms with Crippen molar-refractivity contribution in [2.75, 3.05) is 90.7 Å². The molecule has 2 unspecified atom stereocenters. The summed E-state index contributed by atoms with van der Waals surface area (Å²) >= 11 is 12.0. The highest BCUT2D eigenvalue weighted by Crippen LogP contribution is 2.46. The number of amides is 5. The second-order valence-corrected chi connectivity index (χ2v) is 27.9. The van der Waals surface area contributed by atoms with E-state index < -0.39 is 41.3 Å². The van der Waals surface area contributed by atoms with Crippen LogP contribution >= 0.6 is 23.2 Å². The standard InChI is InChI=1S/C26H31N7O3.C18H25ClN4O3.C14H15ClN4O2.C12H17N3O.C2H4O2/c1-31-11-13-32(14-12-31)23(35)17-5-7-19(8-6-17)28-25-27-16-18-15-20-22(34)30-24(36)26(9-3-2-4-10-26)33(20)21(18)29-25;1-3-25-15(26-4-2)13-10-12-11-21-17(19)22-14(12)23(13)18(16(20)24)8-6-5-7-9-18;15-13-16-7-8-6-9-11(20)18-12(21)14(4-2-1-3-5-14)19(9)10(8)17-13;1-14-6-8-15(9-7-14)12(16)10-2-4-11(13)5-3-10;1-2(3)4/h5-8,15-16,22,34H,2-4,9-14H2,1H3,(H,30,36)(H,27,28,29);10-11,15H,3-9H2,1-2H3,(H2,20,24);6-7,11,20H,1-5H2,(H,18,21);2-5H,6-9,13H2,1H3;1H3,(H,3,4). The topological polar surface area (TPSA) is 375 Å². The van der Waals surface area contributed by atoms with Gasteiger partial charge in [0.2, 0.25) is 34.2 Å². The lowest BCUT2D eigenvalue weighted by atomic mass is 9.79. The van der Waals surface area contributed by atoms with Crippen LogP contribution in [0.4, 0.5) is 17.3 Å². The first-order valence-corrected chi connectivity index (χ1v) is 36.1. The highest BCUT2D eigenvalue weighted by Gasteiger charge is 2.50. The van der Waals surface area contributed by atoms with Crippen molar-refractivity contribution in [3.8, 4) is 0 Å². The van der Waals surface area contributed by atoms with E-state index in [-0.39, 0.29) is 40.1 Å². The van der Waals surface area contributed by atoms with Crippen LogP contribution in [0.15, 0.2) is 85.3 Å². The number of hydrogen-bond acceptors (Lipinski definition) is 20. The lowest BCUT2D eigenvalue weighted by Gasteiger charge is -2.43. The van der Waals surface area contributed by atoms with E-state index in [0.29, 0.717) is 71.6 Å². The number of likely N-dealkylation sites (N-methyl/N-ethyl adjacent to an activating group) is 2. The largest absolute Gasteiger partial charge is 0.481 e. The third kappa shape index (κ3) is 16.2. The highest BCUT2D eigenvalue weighted by atomic mass is 35.5. The zero-order chi connectivity index (χ0) is 73.3. The second kappa shape index (κ2) is 32.8. The van der Waals surface area contributed by atoms with Gasteiger partial charge in [0.05, 0.1) is 17.1 Å². The number of nitrogen functional groups attached to an aromatic ring is 1. The second-order valence-electron chi connectivity index (χ2n) is 27.2. The van der Waals surface area contributed by atoms with Crippen molar-refractivity contribution in [3.05, 3.63) is 124 Å². The van der Waals surface area contributed by atoms with Gasteiger partial charge in [0.25, 0.3) is 17.8 Å². The van der Waals surface area contributed by atoms with E-state index in [0.717, 1.165) is 176 Å². The zero-order valence-electron chi connectivity index (χ0n) is 58.8. The molecule has 6 aromatic heterocycles. The van der Waals surface area contributed by atoms with Crippen LogP contribution in [0.2, 0.25) is 10.6 Å². The van der Waals surface area contributed by atoms with Gasteiger partial charge in [-0.05, 0) is 156 Å². The molecule has 5 fully saturated rings. The molecule has 0 bridgehead atoms. The van der Waals surface area contributed by atoms with Crippen molar-refractivity contribution in [3.63, 3.8) is 0 Å². The number of nitrogens with two attached hydrogens (primary N) is 2. The molecular weight excluding hydrogens is 1360 g/mol. The summed E-state index contributed by atoms with van der Waals surface area (Å²) in [6.45, 7) is 12.6.